The van der Waals surface area contributed by atoms with Crippen molar-refractivity contribution >= 4 is 11.8 Å². The third-order valence-corrected chi connectivity index (χ3v) is 3.74. The Morgan fingerprint density at radius 2 is 1.74 bits per heavy atom. The van der Waals surface area contributed by atoms with Crippen LogP contribution in [-0.4, -0.2) is 4.98 Å². The summed E-state index contributed by atoms with van der Waals surface area (Å²) in [5.41, 5.74) is 0.401. The van der Waals surface area contributed by atoms with Gasteiger partial charge >= 0.3 is 6.18 Å². The Balaban J connectivity index is 2.08. The summed E-state index contributed by atoms with van der Waals surface area (Å²) in [6.45, 7) is 2.00. The predicted octanol–water partition coefficient (Wildman–Crippen LogP) is 4.95. The number of halogens is 3. The van der Waals surface area contributed by atoms with Crippen LogP contribution in [0.2, 0.25) is 0 Å². The molecule has 1 aromatic heterocycles. The lowest BCUT2D eigenvalue weighted by atomic mass is 10.2. The maximum Gasteiger partial charge on any atom is 0.417 e. The fourth-order valence-electron chi connectivity index (χ4n) is 1.59. The fourth-order valence-corrected chi connectivity index (χ4v) is 2.51. The number of benzene rings is 1. The van der Waals surface area contributed by atoms with Crippen LogP contribution >= 0.6 is 11.8 Å². The van der Waals surface area contributed by atoms with Gasteiger partial charge in [-0.25, -0.2) is 4.98 Å². The molecule has 1 aromatic carbocycles. The molecule has 1 unspecified atom stereocenters. The van der Waals surface area contributed by atoms with E-state index in [1.165, 1.54) is 17.8 Å². The van der Waals surface area contributed by atoms with Crippen LogP contribution in [-0.2, 0) is 6.18 Å². The molecule has 0 amide bonds. The molecule has 0 N–H and O–H groups in total. The minimum Gasteiger partial charge on any atom is -0.249 e. The van der Waals surface area contributed by atoms with E-state index in [1.54, 1.807) is 0 Å². The Morgan fingerprint density at radius 1 is 1.05 bits per heavy atom. The SMILES string of the molecule is CC(Sc1ccc(C(F)(F)F)cn1)c1ccccc1. The van der Waals surface area contributed by atoms with Crippen molar-refractivity contribution in [3.63, 3.8) is 0 Å². The second-order valence-electron chi connectivity index (χ2n) is 4.05. The molecule has 0 spiro atoms. The molecule has 0 fully saturated rings. The summed E-state index contributed by atoms with van der Waals surface area (Å²) in [4.78, 5) is 3.85. The maximum atomic E-state index is 12.4. The average Bonchev–Trinajstić information content (AvgIpc) is 2.39. The van der Waals surface area contributed by atoms with E-state index >= 15 is 0 Å². The molecule has 1 heterocycles. The highest BCUT2D eigenvalue weighted by Gasteiger charge is 2.30. The van der Waals surface area contributed by atoms with Gasteiger partial charge in [-0.2, -0.15) is 13.2 Å². The van der Waals surface area contributed by atoms with E-state index in [-0.39, 0.29) is 5.25 Å². The van der Waals surface area contributed by atoms with Crippen LogP contribution in [0.25, 0.3) is 0 Å². The van der Waals surface area contributed by atoms with Gasteiger partial charge < -0.3 is 0 Å². The summed E-state index contributed by atoms with van der Waals surface area (Å²) >= 11 is 1.44. The van der Waals surface area contributed by atoms with Gasteiger partial charge in [0.2, 0.25) is 0 Å². The first-order chi connectivity index (χ1) is 8.97. The highest BCUT2D eigenvalue weighted by molar-refractivity contribution is 7.99. The van der Waals surface area contributed by atoms with Crippen LogP contribution in [0.5, 0.6) is 0 Å². The fraction of sp³-hybridized carbons (Fsp3) is 0.214. The van der Waals surface area contributed by atoms with Crippen LogP contribution in [0, 0.1) is 0 Å². The predicted molar refractivity (Wildman–Crippen MR) is 70.0 cm³/mol. The zero-order valence-electron chi connectivity index (χ0n) is 10.2. The summed E-state index contributed by atoms with van der Waals surface area (Å²) in [6, 6.07) is 12.2. The standard InChI is InChI=1S/C14H12F3NS/c1-10(11-5-3-2-4-6-11)19-13-8-7-12(9-18-13)14(15,16)17/h2-10H,1H3. The van der Waals surface area contributed by atoms with Crippen molar-refractivity contribution in [2.75, 3.05) is 0 Å². The van der Waals surface area contributed by atoms with Gasteiger partial charge in [0.15, 0.2) is 0 Å². The molecule has 19 heavy (non-hydrogen) atoms. The summed E-state index contributed by atoms with van der Waals surface area (Å²) in [5, 5.41) is 0.731. The van der Waals surface area contributed by atoms with Crippen LogP contribution in [0.15, 0.2) is 53.7 Å². The normalized spacial score (nSPS) is 13.3. The van der Waals surface area contributed by atoms with Gasteiger partial charge in [-0.15, -0.1) is 0 Å². The molecule has 0 saturated carbocycles. The number of rotatable bonds is 3. The Hall–Kier alpha value is -1.49. The first-order valence-electron chi connectivity index (χ1n) is 5.71. The number of hydrogen-bond donors (Lipinski definition) is 0. The van der Waals surface area contributed by atoms with Crippen LogP contribution < -0.4 is 0 Å². The van der Waals surface area contributed by atoms with E-state index in [0.717, 1.165) is 17.8 Å². The molecule has 1 atom stereocenters. The molecule has 0 radical (unpaired) electrons. The first kappa shape index (κ1) is 13.9. The molecule has 2 rings (SSSR count). The van der Waals surface area contributed by atoms with Gasteiger partial charge in [0.1, 0.15) is 0 Å². The highest BCUT2D eigenvalue weighted by atomic mass is 32.2. The van der Waals surface area contributed by atoms with E-state index in [2.05, 4.69) is 4.98 Å². The number of aromatic nitrogens is 1. The molecular formula is C14H12F3NS. The molecule has 100 valence electrons. The number of alkyl halides is 3. The second kappa shape index (κ2) is 5.65. The summed E-state index contributed by atoms with van der Waals surface area (Å²) < 4.78 is 37.2. The minimum absolute atomic E-state index is 0.144. The number of hydrogen-bond acceptors (Lipinski definition) is 2. The van der Waals surface area contributed by atoms with Crippen LogP contribution in [0.1, 0.15) is 23.3 Å². The largest absolute Gasteiger partial charge is 0.417 e. The van der Waals surface area contributed by atoms with Crippen molar-refractivity contribution in [1.29, 1.82) is 0 Å². The molecule has 0 aliphatic rings. The van der Waals surface area contributed by atoms with Crippen molar-refractivity contribution in [2.24, 2.45) is 0 Å². The van der Waals surface area contributed by atoms with Crippen LogP contribution in [0.4, 0.5) is 13.2 Å². The Bertz CT molecular complexity index is 523. The molecule has 5 heteroatoms. The Labute approximate surface area is 113 Å². The van der Waals surface area contributed by atoms with E-state index < -0.39 is 11.7 Å². The van der Waals surface area contributed by atoms with Gasteiger partial charge in [0.25, 0.3) is 0 Å². The number of pyridine rings is 1. The zero-order chi connectivity index (χ0) is 13.9. The van der Waals surface area contributed by atoms with Crippen molar-refractivity contribution < 1.29 is 13.2 Å². The lowest BCUT2D eigenvalue weighted by Crippen LogP contribution is -2.05. The van der Waals surface area contributed by atoms with Gasteiger partial charge in [-0.3, -0.25) is 0 Å². The topological polar surface area (TPSA) is 12.9 Å². The molecule has 0 bridgehead atoms. The van der Waals surface area contributed by atoms with E-state index in [1.807, 2.05) is 37.3 Å². The lowest BCUT2D eigenvalue weighted by molar-refractivity contribution is -0.137. The first-order valence-corrected chi connectivity index (χ1v) is 6.59. The summed E-state index contributed by atoms with van der Waals surface area (Å²) in [6.07, 6.45) is -3.46. The van der Waals surface area contributed by atoms with Crippen molar-refractivity contribution in [1.82, 2.24) is 4.98 Å². The minimum atomic E-state index is -4.33. The molecule has 2 aromatic rings. The number of thioether (sulfide) groups is 1. The molecular weight excluding hydrogens is 271 g/mol. The monoisotopic (exact) mass is 283 g/mol. The van der Waals surface area contributed by atoms with E-state index in [9.17, 15) is 13.2 Å². The smallest absolute Gasteiger partial charge is 0.249 e. The van der Waals surface area contributed by atoms with Gasteiger partial charge in [-0.1, -0.05) is 42.1 Å². The summed E-state index contributed by atoms with van der Waals surface area (Å²) in [7, 11) is 0. The lowest BCUT2D eigenvalue weighted by Gasteiger charge is -2.11. The third kappa shape index (κ3) is 3.73. The zero-order valence-corrected chi connectivity index (χ0v) is 11.0. The summed E-state index contributed by atoms with van der Waals surface area (Å²) in [5.74, 6) is 0. The molecule has 1 nitrogen and oxygen atoms in total. The van der Waals surface area contributed by atoms with Gasteiger partial charge in [0, 0.05) is 11.4 Å². The average molecular weight is 283 g/mol. The van der Waals surface area contributed by atoms with Crippen molar-refractivity contribution in [2.45, 2.75) is 23.4 Å². The van der Waals surface area contributed by atoms with E-state index in [0.29, 0.717) is 5.03 Å². The highest BCUT2D eigenvalue weighted by Crippen LogP contribution is 2.35. The van der Waals surface area contributed by atoms with Gasteiger partial charge in [-0.05, 0) is 24.6 Å². The van der Waals surface area contributed by atoms with Crippen LogP contribution in [0.3, 0.4) is 0 Å². The Kier molecular flexibility index (Phi) is 4.14. The number of nitrogens with zero attached hydrogens (tertiary/aromatic N) is 1. The third-order valence-electron chi connectivity index (χ3n) is 2.63. The maximum absolute atomic E-state index is 12.4. The molecule has 0 aliphatic heterocycles. The van der Waals surface area contributed by atoms with Gasteiger partial charge in [0.05, 0.1) is 10.6 Å². The van der Waals surface area contributed by atoms with Crippen molar-refractivity contribution in [3.8, 4) is 0 Å². The second-order valence-corrected chi connectivity index (χ2v) is 5.41. The van der Waals surface area contributed by atoms with E-state index in [4.69, 9.17) is 0 Å². The molecule has 0 saturated heterocycles. The molecule has 0 aliphatic carbocycles. The van der Waals surface area contributed by atoms with Crippen molar-refractivity contribution in [3.05, 3.63) is 59.8 Å². The quantitative estimate of drug-likeness (QED) is 0.739. The Morgan fingerprint density at radius 3 is 2.26 bits per heavy atom.